The van der Waals surface area contributed by atoms with Crippen LogP contribution in [0.15, 0.2) is 18.2 Å². The molecule has 0 aromatic heterocycles. The average molecular weight is 260 g/mol. The quantitative estimate of drug-likeness (QED) is 0.903. The summed E-state index contributed by atoms with van der Waals surface area (Å²) in [6.45, 7) is 10.2. The minimum Gasteiger partial charge on any atom is -0.312 e. The van der Waals surface area contributed by atoms with Gasteiger partial charge in [0.1, 0.15) is 0 Å². The van der Waals surface area contributed by atoms with Gasteiger partial charge >= 0.3 is 0 Å². The second-order valence-corrected chi connectivity index (χ2v) is 5.63. The number of likely N-dealkylation sites (N-methyl/N-ethyl adjacent to an activating group) is 1. The summed E-state index contributed by atoms with van der Waals surface area (Å²) in [5.41, 5.74) is 3.59. The van der Waals surface area contributed by atoms with E-state index >= 15 is 0 Å². The van der Waals surface area contributed by atoms with Crippen molar-refractivity contribution in [2.24, 2.45) is 0 Å². The van der Waals surface area contributed by atoms with Crippen LogP contribution < -0.4 is 10.2 Å². The number of para-hydroxylation sites is 1. The Kier molecular flexibility index (Phi) is 4.25. The maximum atomic E-state index is 12.3. The summed E-state index contributed by atoms with van der Waals surface area (Å²) in [5, 5.41) is 3.38. The number of hydrogen-bond acceptors (Lipinski definition) is 2. The molecule has 1 saturated heterocycles. The highest BCUT2D eigenvalue weighted by atomic mass is 16.2. The molecule has 19 heavy (non-hydrogen) atoms. The van der Waals surface area contributed by atoms with E-state index in [2.05, 4.69) is 51.2 Å². The number of amides is 1. The molecule has 3 nitrogen and oxygen atoms in total. The first-order valence-corrected chi connectivity index (χ1v) is 7.17. The molecule has 1 aromatic carbocycles. The summed E-state index contributed by atoms with van der Waals surface area (Å²) in [6, 6.07) is 6.60. The van der Waals surface area contributed by atoms with Crippen LogP contribution >= 0.6 is 0 Å². The summed E-state index contributed by atoms with van der Waals surface area (Å²) in [5.74, 6) is 0.669. The van der Waals surface area contributed by atoms with Gasteiger partial charge in [-0.2, -0.15) is 0 Å². The van der Waals surface area contributed by atoms with Crippen molar-refractivity contribution in [1.29, 1.82) is 0 Å². The Morgan fingerprint density at radius 1 is 1.42 bits per heavy atom. The molecule has 0 spiro atoms. The van der Waals surface area contributed by atoms with E-state index in [1.54, 1.807) is 0 Å². The molecule has 0 bridgehead atoms. The Bertz CT molecular complexity index is 468. The minimum atomic E-state index is 0.238. The SMILES string of the molecule is CCNC1CC(=O)N(c2c(C)cccc2C(C)C)C1. The molecule has 0 saturated carbocycles. The van der Waals surface area contributed by atoms with E-state index in [9.17, 15) is 4.79 Å². The van der Waals surface area contributed by atoms with Gasteiger partial charge in [-0.3, -0.25) is 4.79 Å². The molecule has 0 radical (unpaired) electrons. The molecular formula is C16H24N2O. The van der Waals surface area contributed by atoms with Gasteiger partial charge in [-0.1, -0.05) is 39.0 Å². The van der Waals surface area contributed by atoms with E-state index in [1.807, 2.05) is 4.90 Å². The van der Waals surface area contributed by atoms with E-state index in [-0.39, 0.29) is 11.9 Å². The highest BCUT2D eigenvalue weighted by Crippen LogP contribution is 2.33. The van der Waals surface area contributed by atoms with Gasteiger partial charge in [0.25, 0.3) is 0 Å². The number of rotatable bonds is 4. The number of hydrogen-bond donors (Lipinski definition) is 1. The van der Waals surface area contributed by atoms with Crippen LogP contribution in [-0.4, -0.2) is 25.0 Å². The fourth-order valence-corrected chi connectivity index (χ4v) is 2.87. The zero-order valence-corrected chi connectivity index (χ0v) is 12.4. The molecule has 1 aliphatic heterocycles. The van der Waals surface area contributed by atoms with Crippen molar-refractivity contribution >= 4 is 11.6 Å². The van der Waals surface area contributed by atoms with Crippen LogP contribution in [0.1, 0.15) is 44.2 Å². The van der Waals surface area contributed by atoms with Crippen molar-refractivity contribution in [2.75, 3.05) is 18.0 Å². The van der Waals surface area contributed by atoms with Crippen LogP contribution in [0.2, 0.25) is 0 Å². The van der Waals surface area contributed by atoms with Crippen LogP contribution in [0.5, 0.6) is 0 Å². The first kappa shape index (κ1) is 14.1. The van der Waals surface area contributed by atoms with Crippen LogP contribution in [0, 0.1) is 6.92 Å². The first-order chi connectivity index (χ1) is 9.04. The zero-order chi connectivity index (χ0) is 14.0. The van der Waals surface area contributed by atoms with E-state index in [0.717, 1.165) is 18.8 Å². The molecule has 1 aliphatic rings. The second-order valence-electron chi connectivity index (χ2n) is 5.63. The highest BCUT2D eigenvalue weighted by Gasteiger charge is 2.32. The maximum Gasteiger partial charge on any atom is 0.228 e. The third-order valence-corrected chi connectivity index (χ3v) is 3.78. The highest BCUT2D eigenvalue weighted by molar-refractivity contribution is 5.97. The lowest BCUT2D eigenvalue weighted by atomic mass is 9.97. The van der Waals surface area contributed by atoms with Crippen LogP contribution in [0.4, 0.5) is 5.69 Å². The van der Waals surface area contributed by atoms with Crippen molar-refractivity contribution in [3.63, 3.8) is 0 Å². The van der Waals surface area contributed by atoms with Gasteiger partial charge in [-0.25, -0.2) is 0 Å². The molecule has 1 atom stereocenters. The van der Waals surface area contributed by atoms with Crippen molar-refractivity contribution in [3.8, 4) is 0 Å². The lowest BCUT2D eigenvalue weighted by molar-refractivity contribution is -0.117. The number of carbonyl (C=O) groups is 1. The molecule has 1 N–H and O–H groups in total. The van der Waals surface area contributed by atoms with Crippen LogP contribution in [0.25, 0.3) is 0 Å². The summed E-state index contributed by atoms with van der Waals surface area (Å²) >= 11 is 0. The van der Waals surface area contributed by atoms with Gasteiger partial charge in [0.15, 0.2) is 0 Å². The molecule has 1 unspecified atom stereocenters. The van der Waals surface area contributed by atoms with E-state index in [4.69, 9.17) is 0 Å². The Labute approximate surface area is 116 Å². The molecule has 2 rings (SSSR count). The van der Waals surface area contributed by atoms with Gasteiger partial charge in [-0.05, 0) is 30.5 Å². The predicted octanol–water partition coefficient (Wildman–Crippen LogP) is 2.83. The van der Waals surface area contributed by atoms with Crippen molar-refractivity contribution < 1.29 is 4.79 Å². The number of benzene rings is 1. The Hall–Kier alpha value is -1.35. The average Bonchev–Trinajstić information content (AvgIpc) is 2.70. The lowest BCUT2D eigenvalue weighted by Gasteiger charge is -2.24. The van der Waals surface area contributed by atoms with E-state index in [1.165, 1.54) is 11.1 Å². The van der Waals surface area contributed by atoms with Gasteiger partial charge in [-0.15, -0.1) is 0 Å². The fourth-order valence-electron chi connectivity index (χ4n) is 2.87. The Balaban J connectivity index is 2.34. The van der Waals surface area contributed by atoms with E-state index in [0.29, 0.717) is 12.3 Å². The van der Waals surface area contributed by atoms with Crippen molar-refractivity contribution in [2.45, 2.75) is 46.1 Å². The second kappa shape index (κ2) is 5.74. The molecule has 1 heterocycles. The number of nitrogens with zero attached hydrogens (tertiary/aromatic N) is 1. The Morgan fingerprint density at radius 2 is 2.16 bits per heavy atom. The third-order valence-electron chi connectivity index (χ3n) is 3.78. The monoisotopic (exact) mass is 260 g/mol. The lowest BCUT2D eigenvalue weighted by Crippen LogP contribution is -2.33. The number of carbonyl (C=O) groups excluding carboxylic acids is 1. The number of nitrogens with one attached hydrogen (secondary N) is 1. The topological polar surface area (TPSA) is 32.3 Å². The summed E-state index contributed by atoms with van der Waals surface area (Å²) in [4.78, 5) is 14.2. The van der Waals surface area contributed by atoms with Crippen molar-refractivity contribution in [3.05, 3.63) is 29.3 Å². The van der Waals surface area contributed by atoms with Gasteiger partial charge in [0.2, 0.25) is 5.91 Å². The predicted molar refractivity (Wildman–Crippen MR) is 79.7 cm³/mol. The molecule has 1 amide bonds. The summed E-state index contributed by atoms with van der Waals surface area (Å²) < 4.78 is 0. The fraction of sp³-hybridized carbons (Fsp3) is 0.562. The largest absolute Gasteiger partial charge is 0.312 e. The maximum absolute atomic E-state index is 12.3. The summed E-state index contributed by atoms with van der Waals surface area (Å²) in [7, 11) is 0. The molecule has 1 aromatic rings. The minimum absolute atomic E-state index is 0.238. The molecule has 0 aliphatic carbocycles. The first-order valence-electron chi connectivity index (χ1n) is 7.17. The molecular weight excluding hydrogens is 236 g/mol. The summed E-state index contributed by atoms with van der Waals surface area (Å²) in [6.07, 6.45) is 0.611. The molecule has 104 valence electrons. The van der Waals surface area contributed by atoms with Gasteiger partial charge in [0.05, 0.1) is 5.69 Å². The van der Waals surface area contributed by atoms with E-state index < -0.39 is 0 Å². The number of anilines is 1. The Morgan fingerprint density at radius 3 is 2.79 bits per heavy atom. The molecule has 1 fully saturated rings. The normalized spacial score (nSPS) is 19.5. The zero-order valence-electron chi connectivity index (χ0n) is 12.4. The van der Waals surface area contributed by atoms with Crippen LogP contribution in [0.3, 0.4) is 0 Å². The third kappa shape index (κ3) is 2.81. The number of aryl methyl sites for hydroxylation is 1. The standard InChI is InChI=1S/C16H24N2O/c1-5-17-13-9-15(19)18(10-13)16-12(4)7-6-8-14(16)11(2)3/h6-8,11,13,17H,5,9-10H2,1-4H3. The van der Waals surface area contributed by atoms with Crippen LogP contribution in [-0.2, 0) is 4.79 Å². The van der Waals surface area contributed by atoms with Crippen molar-refractivity contribution in [1.82, 2.24) is 5.32 Å². The van der Waals surface area contributed by atoms with Gasteiger partial charge in [0, 0.05) is 19.0 Å². The smallest absolute Gasteiger partial charge is 0.228 e. The molecule has 3 heteroatoms. The van der Waals surface area contributed by atoms with Gasteiger partial charge < -0.3 is 10.2 Å².